The van der Waals surface area contributed by atoms with Crippen LogP contribution in [0, 0.1) is 0 Å². The van der Waals surface area contributed by atoms with E-state index in [1.807, 2.05) is 0 Å². The smallest absolute Gasteiger partial charge is 0.0392 e. The Morgan fingerprint density at radius 1 is 0.625 bits per heavy atom. The molecule has 0 radical (unpaired) electrons. The fourth-order valence-corrected chi connectivity index (χ4v) is 4.02. The summed E-state index contributed by atoms with van der Waals surface area (Å²) in [6, 6.07) is 0. The average Bonchev–Trinajstić information content (AvgIpc) is 1.62. The van der Waals surface area contributed by atoms with Crippen LogP contribution in [0.15, 0.2) is 0 Å². The van der Waals surface area contributed by atoms with E-state index in [9.17, 15) is 0 Å². The number of hydrogen-bond donors (Lipinski definition) is 0. The average molecular weight is 166 g/mol. The maximum atomic E-state index is 2.09. The van der Waals surface area contributed by atoms with Gasteiger partial charge in [-0.2, -0.15) is 35.3 Å². The van der Waals surface area contributed by atoms with Crippen LogP contribution in [0.4, 0.5) is 0 Å². The van der Waals surface area contributed by atoms with Gasteiger partial charge in [-0.25, -0.2) is 0 Å². The molecule has 0 aliphatic carbocycles. The lowest BCUT2D eigenvalue weighted by molar-refractivity contribution is 1.48. The second kappa shape index (κ2) is 4.89. The predicted octanol–water partition coefficient (Wildman–Crippen LogP) is 2.16. The van der Waals surface area contributed by atoms with Crippen molar-refractivity contribution in [3.63, 3.8) is 0 Å². The van der Waals surface area contributed by atoms with Crippen LogP contribution in [0.25, 0.3) is 0 Å². The van der Waals surface area contributed by atoms with Gasteiger partial charge in [0.25, 0.3) is 0 Å². The van der Waals surface area contributed by atoms with Crippen LogP contribution in [0.1, 0.15) is 0 Å². The second-order valence-corrected chi connectivity index (χ2v) is 5.35. The van der Waals surface area contributed by atoms with E-state index in [1.54, 1.807) is 0 Å². The van der Waals surface area contributed by atoms with Gasteiger partial charge in [-0.05, 0) is 0 Å². The molecule has 0 aromatic heterocycles. The topological polar surface area (TPSA) is 0 Å². The first-order valence-corrected chi connectivity index (χ1v) is 6.20. The zero-order chi connectivity index (χ0) is 5.66. The summed E-state index contributed by atoms with van der Waals surface area (Å²) in [6.07, 6.45) is 0. The third-order valence-corrected chi connectivity index (χ3v) is 4.73. The molecule has 0 aromatic carbocycles. The SMILES string of the molecule is C1CSCSCCS1. The van der Waals surface area contributed by atoms with Gasteiger partial charge in [-0.15, -0.1) is 0 Å². The van der Waals surface area contributed by atoms with E-state index < -0.39 is 0 Å². The lowest BCUT2D eigenvalue weighted by Gasteiger charge is -2.05. The van der Waals surface area contributed by atoms with E-state index in [0.717, 1.165) is 0 Å². The molecule has 0 amide bonds. The second-order valence-electron chi connectivity index (χ2n) is 1.55. The third kappa shape index (κ3) is 3.15. The van der Waals surface area contributed by atoms with Crippen LogP contribution in [0.2, 0.25) is 0 Å². The first-order valence-electron chi connectivity index (χ1n) is 2.73. The molecule has 0 N–H and O–H groups in total. The number of thioether (sulfide) groups is 3. The Kier molecular flexibility index (Phi) is 4.37. The molecule has 0 spiro atoms. The lowest BCUT2D eigenvalue weighted by Crippen LogP contribution is -1.94. The Morgan fingerprint density at radius 2 is 1.12 bits per heavy atom. The Labute approximate surface area is 63.6 Å². The van der Waals surface area contributed by atoms with Crippen LogP contribution < -0.4 is 0 Å². The molecule has 48 valence electrons. The Morgan fingerprint density at radius 3 is 1.75 bits per heavy atom. The van der Waals surface area contributed by atoms with Gasteiger partial charge >= 0.3 is 0 Å². The van der Waals surface area contributed by atoms with Gasteiger partial charge in [0, 0.05) is 28.1 Å². The first-order chi connectivity index (χ1) is 4.00. The summed E-state index contributed by atoms with van der Waals surface area (Å²) >= 11 is 6.23. The molecule has 1 heterocycles. The number of hydrogen-bond acceptors (Lipinski definition) is 3. The normalized spacial score (nSPS) is 24.0. The highest BCUT2D eigenvalue weighted by Gasteiger charge is 1.96. The summed E-state index contributed by atoms with van der Waals surface area (Å²) in [4.78, 5) is 0. The Bertz CT molecular complexity index is 31.6. The van der Waals surface area contributed by atoms with Gasteiger partial charge in [0.1, 0.15) is 0 Å². The summed E-state index contributed by atoms with van der Waals surface area (Å²) in [5.41, 5.74) is 0. The Hall–Kier alpha value is 1.05. The van der Waals surface area contributed by atoms with E-state index >= 15 is 0 Å². The summed E-state index contributed by atoms with van der Waals surface area (Å²) < 4.78 is 0. The van der Waals surface area contributed by atoms with E-state index in [4.69, 9.17) is 0 Å². The van der Waals surface area contributed by atoms with Crippen molar-refractivity contribution in [2.24, 2.45) is 0 Å². The maximum absolute atomic E-state index is 2.09. The predicted molar refractivity (Wildman–Crippen MR) is 47.1 cm³/mol. The molecule has 0 nitrogen and oxygen atoms in total. The summed E-state index contributed by atoms with van der Waals surface area (Å²) in [5.74, 6) is 5.45. The van der Waals surface area contributed by atoms with Crippen molar-refractivity contribution < 1.29 is 0 Å². The fraction of sp³-hybridized carbons (Fsp3) is 1.00. The molecule has 0 unspecified atom stereocenters. The first kappa shape index (κ1) is 7.16. The van der Waals surface area contributed by atoms with Crippen molar-refractivity contribution in [2.45, 2.75) is 0 Å². The lowest BCUT2D eigenvalue weighted by atomic mass is 10.9. The largest absolute Gasteiger partial charge is 0.160 e. The van der Waals surface area contributed by atoms with Crippen molar-refractivity contribution in [3.05, 3.63) is 0 Å². The van der Waals surface area contributed by atoms with Gasteiger partial charge in [0.2, 0.25) is 0 Å². The van der Waals surface area contributed by atoms with Crippen LogP contribution >= 0.6 is 35.3 Å². The van der Waals surface area contributed by atoms with Crippen molar-refractivity contribution >= 4 is 35.3 Å². The minimum absolute atomic E-state index is 1.32. The van der Waals surface area contributed by atoms with E-state index in [1.165, 1.54) is 28.1 Å². The van der Waals surface area contributed by atoms with Gasteiger partial charge in [0.15, 0.2) is 0 Å². The Balaban J connectivity index is 2.00. The highest BCUT2D eigenvalue weighted by molar-refractivity contribution is 8.17. The molecular weight excluding hydrogens is 156 g/mol. The van der Waals surface area contributed by atoms with E-state index in [-0.39, 0.29) is 0 Å². The molecule has 1 aliphatic heterocycles. The molecule has 8 heavy (non-hydrogen) atoms. The standard InChI is InChI=1S/C5H10S3/c1-3-7-5-8-4-2-6-1/h1-5H2. The van der Waals surface area contributed by atoms with Gasteiger partial charge in [-0.3, -0.25) is 0 Å². The fourth-order valence-electron chi connectivity index (χ4n) is 0.515. The minimum atomic E-state index is 1.32. The zero-order valence-corrected chi connectivity index (χ0v) is 7.21. The molecule has 1 aliphatic rings. The van der Waals surface area contributed by atoms with Crippen LogP contribution in [-0.4, -0.2) is 28.1 Å². The highest BCUT2D eigenvalue weighted by atomic mass is 32.2. The maximum Gasteiger partial charge on any atom is 0.0392 e. The summed E-state index contributed by atoms with van der Waals surface area (Å²) in [6.45, 7) is 0. The van der Waals surface area contributed by atoms with Crippen LogP contribution in [0.5, 0.6) is 0 Å². The minimum Gasteiger partial charge on any atom is -0.160 e. The molecule has 1 fully saturated rings. The van der Waals surface area contributed by atoms with Crippen molar-refractivity contribution in [1.82, 2.24) is 0 Å². The number of rotatable bonds is 0. The third-order valence-electron chi connectivity index (χ3n) is 0.911. The van der Waals surface area contributed by atoms with E-state index in [0.29, 0.717) is 0 Å². The van der Waals surface area contributed by atoms with E-state index in [2.05, 4.69) is 35.3 Å². The summed E-state index contributed by atoms with van der Waals surface area (Å²) in [7, 11) is 0. The van der Waals surface area contributed by atoms with Crippen LogP contribution in [-0.2, 0) is 0 Å². The van der Waals surface area contributed by atoms with Crippen molar-refractivity contribution in [2.75, 3.05) is 28.1 Å². The zero-order valence-electron chi connectivity index (χ0n) is 4.76. The molecule has 1 rings (SSSR count). The van der Waals surface area contributed by atoms with Gasteiger partial charge < -0.3 is 0 Å². The molecule has 3 heteroatoms. The summed E-state index contributed by atoms with van der Waals surface area (Å²) in [5, 5.41) is 1.32. The van der Waals surface area contributed by atoms with Gasteiger partial charge in [-0.1, -0.05) is 0 Å². The highest BCUT2D eigenvalue weighted by Crippen LogP contribution is 2.18. The quantitative estimate of drug-likeness (QED) is 0.541. The molecule has 0 atom stereocenters. The van der Waals surface area contributed by atoms with Crippen LogP contribution in [0.3, 0.4) is 0 Å². The monoisotopic (exact) mass is 166 g/mol. The molecule has 1 saturated heterocycles. The van der Waals surface area contributed by atoms with Crippen molar-refractivity contribution in [3.8, 4) is 0 Å². The molecule has 0 saturated carbocycles. The van der Waals surface area contributed by atoms with Gasteiger partial charge in [0.05, 0.1) is 0 Å². The molecular formula is C5H10S3. The van der Waals surface area contributed by atoms with Crippen molar-refractivity contribution in [1.29, 1.82) is 0 Å². The molecule has 0 bridgehead atoms. The molecule has 0 aromatic rings.